The number of anilines is 1. The SMILES string of the molecule is C/C=C/C(Cl)Nc1ccccc1C(=O)O. The molecule has 0 amide bonds. The van der Waals surface area contributed by atoms with Crippen LogP contribution in [-0.4, -0.2) is 16.6 Å². The zero-order chi connectivity index (χ0) is 11.3. The van der Waals surface area contributed by atoms with Gasteiger partial charge in [0.1, 0.15) is 5.50 Å². The molecule has 1 unspecified atom stereocenters. The van der Waals surface area contributed by atoms with Crippen LogP contribution in [0, 0.1) is 0 Å². The van der Waals surface area contributed by atoms with Gasteiger partial charge >= 0.3 is 5.97 Å². The van der Waals surface area contributed by atoms with Crippen molar-refractivity contribution in [3.05, 3.63) is 42.0 Å². The number of halogens is 1. The molecule has 0 aliphatic rings. The summed E-state index contributed by atoms with van der Waals surface area (Å²) in [5.74, 6) is -0.970. The molecule has 0 saturated carbocycles. The molecule has 1 rings (SSSR count). The van der Waals surface area contributed by atoms with Crippen molar-refractivity contribution in [2.45, 2.75) is 12.4 Å². The second-order valence-corrected chi connectivity index (χ2v) is 3.39. The fourth-order valence-electron chi connectivity index (χ4n) is 1.16. The maximum absolute atomic E-state index is 10.9. The van der Waals surface area contributed by atoms with E-state index in [2.05, 4.69) is 5.32 Å². The van der Waals surface area contributed by atoms with Crippen LogP contribution in [0.1, 0.15) is 17.3 Å². The van der Waals surface area contributed by atoms with Crippen LogP contribution in [0.2, 0.25) is 0 Å². The molecule has 15 heavy (non-hydrogen) atoms. The molecule has 0 spiro atoms. The first kappa shape index (κ1) is 11.6. The summed E-state index contributed by atoms with van der Waals surface area (Å²) < 4.78 is 0. The van der Waals surface area contributed by atoms with E-state index in [4.69, 9.17) is 16.7 Å². The number of carboxylic acids is 1. The Bertz CT molecular complexity index is 377. The number of nitrogens with one attached hydrogen (secondary N) is 1. The van der Waals surface area contributed by atoms with E-state index in [0.717, 1.165) is 0 Å². The Morgan fingerprint density at radius 2 is 2.20 bits per heavy atom. The Hall–Kier alpha value is -1.48. The highest BCUT2D eigenvalue weighted by Crippen LogP contribution is 2.17. The summed E-state index contributed by atoms with van der Waals surface area (Å²) in [6, 6.07) is 6.65. The van der Waals surface area contributed by atoms with E-state index in [9.17, 15) is 4.79 Å². The molecular formula is C11H12ClNO2. The maximum Gasteiger partial charge on any atom is 0.337 e. The lowest BCUT2D eigenvalue weighted by atomic mass is 10.2. The van der Waals surface area contributed by atoms with Crippen molar-refractivity contribution in [2.24, 2.45) is 0 Å². The fourth-order valence-corrected chi connectivity index (χ4v) is 1.42. The predicted octanol–water partition coefficient (Wildman–Crippen LogP) is 2.94. The van der Waals surface area contributed by atoms with Crippen LogP contribution >= 0.6 is 11.6 Å². The molecule has 4 heteroatoms. The topological polar surface area (TPSA) is 49.3 Å². The molecule has 0 heterocycles. The lowest BCUT2D eigenvalue weighted by molar-refractivity contribution is 0.0698. The summed E-state index contributed by atoms with van der Waals surface area (Å²) in [5.41, 5.74) is 0.325. The van der Waals surface area contributed by atoms with Gasteiger partial charge in [-0.15, -0.1) is 0 Å². The minimum atomic E-state index is -0.970. The van der Waals surface area contributed by atoms with E-state index in [1.807, 2.05) is 6.92 Å². The van der Waals surface area contributed by atoms with E-state index in [-0.39, 0.29) is 5.56 Å². The molecule has 0 saturated heterocycles. The van der Waals surface area contributed by atoms with Gasteiger partial charge in [0.25, 0.3) is 0 Å². The average molecular weight is 226 g/mol. The highest BCUT2D eigenvalue weighted by molar-refractivity contribution is 6.23. The van der Waals surface area contributed by atoms with Gasteiger partial charge in [0, 0.05) is 0 Å². The normalized spacial score (nSPS) is 12.7. The minimum Gasteiger partial charge on any atom is -0.478 e. The molecule has 1 atom stereocenters. The van der Waals surface area contributed by atoms with Gasteiger partial charge in [-0.25, -0.2) is 4.79 Å². The van der Waals surface area contributed by atoms with Gasteiger partial charge < -0.3 is 10.4 Å². The predicted molar refractivity (Wildman–Crippen MR) is 61.5 cm³/mol. The number of para-hydroxylation sites is 1. The van der Waals surface area contributed by atoms with Gasteiger partial charge in [0.15, 0.2) is 0 Å². The van der Waals surface area contributed by atoms with Crippen molar-refractivity contribution >= 4 is 23.3 Å². The van der Waals surface area contributed by atoms with Crippen molar-refractivity contribution in [1.29, 1.82) is 0 Å². The Morgan fingerprint density at radius 1 is 1.53 bits per heavy atom. The second-order valence-electron chi connectivity index (χ2n) is 2.92. The number of allylic oxidation sites excluding steroid dienone is 1. The first-order chi connectivity index (χ1) is 7.15. The number of carboxylic acid groups (broad SMARTS) is 1. The average Bonchev–Trinajstić information content (AvgIpc) is 2.18. The van der Waals surface area contributed by atoms with Crippen LogP contribution in [0.4, 0.5) is 5.69 Å². The Labute approximate surface area is 93.4 Å². The third-order valence-corrected chi connectivity index (χ3v) is 2.07. The summed E-state index contributed by atoms with van der Waals surface area (Å²) in [5, 5.41) is 11.8. The van der Waals surface area contributed by atoms with Crippen LogP contribution in [0.25, 0.3) is 0 Å². The molecular weight excluding hydrogens is 214 g/mol. The smallest absolute Gasteiger partial charge is 0.337 e. The molecule has 1 aromatic carbocycles. The fraction of sp³-hybridized carbons (Fsp3) is 0.182. The second kappa shape index (κ2) is 5.41. The van der Waals surface area contributed by atoms with E-state index in [1.54, 1.807) is 30.4 Å². The van der Waals surface area contributed by atoms with Crippen molar-refractivity contribution in [3.8, 4) is 0 Å². The largest absolute Gasteiger partial charge is 0.478 e. The van der Waals surface area contributed by atoms with Crippen LogP contribution < -0.4 is 5.32 Å². The summed E-state index contributed by atoms with van der Waals surface area (Å²) in [4.78, 5) is 10.9. The molecule has 80 valence electrons. The molecule has 0 aliphatic heterocycles. The molecule has 0 aliphatic carbocycles. The Morgan fingerprint density at radius 3 is 2.80 bits per heavy atom. The zero-order valence-electron chi connectivity index (χ0n) is 8.27. The van der Waals surface area contributed by atoms with Gasteiger partial charge in [-0.2, -0.15) is 0 Å². The zero-order valence-corrected chi connectivity index (χ0v) is 9.03. The minimum absolute atomic E-state index is 0.215. The van der Waals surface area contributed by atoms with E-state index < -0.39 is 11.5 Å². The molecule has 1 aromatic rings. The van der Waals surface area contributed by atoms with E-state index in [1.165, 1.54) is 6.07 Å². The maximum atomic E-state index is 10.9. The summed E-state index contributed by atoms with van der Waals surface area (Å²) >= 11 is 5.90. The molecule has 0 radical (unpaired) electrons. The standard InChI is InChI=1S/C11H12ClNO2/c1-2-5-10(12)13-9-7-4-3-6-8(9)11(14)15/h2-7,10,13H,1H3,(H,14,15)/b5-2+. The first-order valence-corrected chi connectivity index (χ1v) is 4.94. The van der Waals surface area contributed by atoms with Crippen LogP contribution in [0.15, 0.2) is 36.4 Å². The molecule has 2 N–H and O–H groups in total. The third kappa shape index (κ3) is 3.29. The van der Waals surface area contributed by atoms with Crippen LogP contribution in [0.3, 0.4) is 0 Å². The number of aromatic carboxylic acids is 1. The van der Waals surface area contributed by atoms with E-state index in [0.29, 0.717) is 5.69 Å². The van der Waals surface area contributed by atoms with Gasteiger partial charge in [-0.3, -0.25) is 0 Å². The lowest BCUT2D eigenvalue weighted by Gasteiger charge is -2.11. The van der Waals surface area contributed by atoms with Crippen molar-refractivity contribution in [2.75, 3.05) is 5.32 Å². The Balaban J connectivity index is 2.89. The number of benzene rings is 1. The summed E-state index contributed by atoms with van der Waals surface area (Å²) in [6.45, 7) is 1.85. The van der Waals surface area contributed by atoms with Crippen molar-refractivity contribution in [1.82, 2.24) is 0 Å². The van der Waals surface area contributed by atoms with Gasteiger partial charge in [-0.05, 0) is 19.1 Å². The highest BCUT2D eigenvalue weighted by atomic mass is 35.5. The summed E-state index contributed by atoms with van der Waals surface area (Å²) in [6.07, 6.45) is 3.54. The van der Waals surface area contributed by atoms with Crippen LogP contribution in [-0.2, 0) is 0 Å². The number of hydrogen-bond donors (Lipinski definition) is 2. The first-order valence-electron chi connectivity index (χ1n) is 4.51. The third-order valence-electron chi connectivity index (χ3n) is 1.81. The lowest BCUT2D eigenvalue weighted by Crippen LogP contribution is -2.12. The molecule has 0 fully saturated rings. The van der Waals surface area contributed by atoms with Crippen molar-refractivity contribution in [3.63, 3.8) is 0 Å². The van der Waals surface area contributed by atoms with Crippen LogP contribution in [0.5, 0.6) is 0 Å². The molecule has 0 aromatic heterocycles. The summed E-state index contributed by atoms with van der Waals surface area (Å²) in [7, 11) is 0. The number of alkyl halides is 1. The number of rotatable bonds is 4. The molecule has 0 bridgehead atoms. The van der Waals surface area contributed by atoms with E-state index >= 15 is 0 Å². The highest BCUT2D eigenvalue weighted by Gasteiger charge is 2.10. The monoisotopic (exact) mass is 225 g/mol. The number of carbonyl (C=O) groups is 1. The van der Waals surface area contributed by atoms with Crippen molar-refractivity contribution < 1.29 is 9.90 Å². The van der Waals surface area contributed by atoms with Gasteiger partial charge in [-0.1, -0.05) is 35.9 Å². The Kier molecular flexibility index (Phi) is 4.18. The number of hydrogen-bond acceptors (Lipinski definition) is 2. The quantitative estimate of drug-likeness (QED) is 0.471. The van der Waals surface area contributed by atoms with Gasteiger partial charge in [0.05, 0.1) is 11.3 Å². The van der Waals surface area contributed by atoms with Gasteiger partial charge in [0.2, 0.25) is 0 Å². The molecule has 3 nitrogen and oxygen atoms in total.